The van der Waals surface area contributed by atoms with Crippen LogP contribution in [0.5, 0.6) is 0 Å². The highest BCUT2D eigenvalue weighted by Crippen LogP contribution is 2.14. The number of rotatable bonds is 3. The van der Waals surface area contributed by atoms with E-state index < -0.39 is 0 Å². The van der Waals surface area contributed by atoms with Gasteiger partial charge < -0.3 is 15.1 Å². The van der Waals surface area contributed by atoms with Crippen molar-refractivity contribution < 1.29 is 4.79 Å². The van der Waals surface area contributed by atoms with Crippen LogP contribution in [0.1, 0.15) is 32.6 Å². The van der Waals surface area contributed by atoms with Crippen molar-refractivity contribution >= 4 is 5.91 Å². The summed E-state index contributed by atoms with van der Waals surface area (Å²) in [5.41, 5.74) is 0. The van der Waals surface area contributed by atoms with Gasteiger partial charge in [0.1, 0.15) is 0 Å². The van der Waals surface area contributed by atoms with E-state index in [1.54, 1.807) is 0 Å². The normalized spacial score (nSPS) is 30.8. The number of piperazine rings is 1. The van der Waals surface area contributed by atoms with Gasteiger partial charge in [-0.25, -0.2) is 0 Å². The molecule has 0 spiro atoms. The van der Waals surface area contributed by atoms with E-state index in [0.717, 1.165) is 32.6 Å². The minimum absolute atomic E-state index is 0.347. The average Bonchev–Trinajstić information content (AvgIpc) is 2.78. The highest BCUT2D eigenvalue weighted by Gasteiger charge is 2.26. The lowest BCUT2D eigenvalue weighted by Gasteiger charge is -2.38. The van der Waals surface area contributed by atoms with Crippen LogP contribution in [0.3, 0.4) is 0 Å². The molecule has 17 heavy (non-hydrogen) atoms. The first-order valence-electron chi connectivity index (χ1n) is 6.88. The van der Waals surface area contributed by atoms with Gasteiger partial charge in [0.05, 0.1) is 0 Å². The molecule has 0 aromatic rings. The van der Waals surface area contributed by atoms with E-state index in [4.69, 9.17) is 0 Å². The van der Waals surface area contributed by atoms with Crippen LogP contribution in [0.4, 0.5) is 0 Å². The van der Waals surface area contributed by atoms with Crippen molar-refractivity contribution in [2.45, 2.75) is 44.7 Å². The second-order valence-electron chi connectivity index (χ2n) is 5.53. The van der Waals surface area contributed by atoms with E-state index in [1.165, 1.54) is 12.8 Å². The molecular formula is C13H25N3O. The Morgan fingerprint density at radius 3 is 2.88 bits per heavy atom. The van der Waals surface area contributed by atoms with Crippen LogP contribution in [0, 0.1) is 0 Å². The first-order chi connectivity index (χ1) is 8.16. The molecule has 2 aliphatic heterocycles. The summed E-state index contributed by atoms with van der Waals surface area (Å²) >= 11 is 0. The molecule has 2 saturated heterocycles. The van der Waals surface area contributed by atoms with Gasteiger partial charge in [-0.1, -0.05) is 0 Å². The number of hydrogen-bond acceptors (Lipinski definition) is 3. The van der Waals surface area contributed by atoms with Crippen molar-refractivity contribution in [1.29, 1.82) is 0 Å². The van der Waals surface area contributed by atoms with Gasteiger partial charge >= 0.3 is 0 Å². The summed E-state index contributed by atoms with van der Waals surface area (Å²) in [4.78, 5) is 16.5. The molecular weight excluding hydrogens is 214 g/mol. The first-order valence-corrected chi connectivity index (χ1v) is 6.88. The summed E-state index contributed by atoms with van der Waals surface area (Å²) in [6.07, 6.45) is 4.24. The Morgan fingerprint density at radius 1 is 1.41 bits per heavy atom. The predicted octanol–water partition coefficient (Wildman–Crippen LogP) is 0.681. The molecule has 4 nitrogen and oxygen atoms in total. The van der Waals surface area contributed by atoms with Gasteiger partial charge in [-0.05, 0) is 39.8 Å². The van der Waals surface area contributed by atoms with E-state index in [9.17, 15) is 4.79 Å². The molecule has 0 saturated carbocycles. The van der Waals surface area contributed by atoms with Gasteiger partial charge in [0.2, 0.25) is 5.91 Å². The topological polar surface area (TPSA) is 35.6 Å². The second kappa shape index (κ2) is 5.83. The van der Waals surface area contributed by atoms with Crippen molar-refractivity contribution in [3.05, 3.63) is 0 Å². The van der Waals surface area contributed by atoms with Crippen molar-refractivity contribution in [3.63, 3.8) is 0 Å². The number of likely N-dealkylation sites (N-methyl/N-ethyl adjacent to an activating group) is 1. The van der Waals surface area contributed by atoms with E-state index >= 15 is 0 Å². The van der Waals surface area contributed by atoms with Crippen LogP contribution in [-0.2, 0) is 4.79 Å². The minimum atomic E-state index is 0.347. The van der Waals surface area contributed by atoms with Gasteiger partial charge in [0.25, 0.3) is 0 Å². The fourth-order valence-corrected chi connectivity index (χ4v) is 2.95. The summed E-state index contributed by atoms with van der Waals surface area (Å²) in [5, 5.41) is 3.45. The quantitative estimate of drug-likeness (QED) is 0.787. The molecule has 2 fully saturated rings. The summed E-state index contributed by atoms with van der Waals surface area (Å²) in [6.45, 7) is 6.20. The molecule has 0 bridgehead atoms. The third kappa shape index (κ3) is 3.42. The molecule has 2 atom stereocenters. The molecule has 1 amide bonds. The Bertz CT molecular complexity index is 263. The predicted molar refractivity (Wildman–Crippen MR) is 68.9 cm³/mol. The molecule has 1 N–H and O–H groups in total. The summed E-state index contributed by atoms with van der Waals surface area (Å²) in [7, 11) is 2.13. The number of nitrogens with zero attached hydrogens (tertiary/aromatic N) is 2. The molecule has 2 unspecified atom stereocenters. The van der Waals surface area contributed by atoms with E-state index in [1.807, 2.05) is 0 Å². The third-order valence-electron chi connectivity index (χ3n) is 4.02. The number of hydrogen-bond donors (Lipinski definition) is 1. The number of carbonyl (C=O) groups is 1. The van der Waals surface area contributed by atoms with Gasteiger partial charge in [-0.3, -0.25) is 4.79 Å². The Morgan fingerprint density at radius 2 is 2.24 bits per heavy atom. The van der Waals surface area contributed by atoms with Crippen molar-refractivity contribution in [3.8, 4) is 0 Å². The number of nitrogens with one attached hydrogen (secondary N) is 1. The molecule has 2 rings (SSSR count). The van der Waals surface area contributed by atoms with Crippen molar-refractivity contribution in [1.82, 2.24) is 15.1 Å². The molecule has 0 aliphatic carbocycles. The third-order valence-corrected chi connectivity index (χ3v) is 4.02. The fourth-order valence-electron chi connectivity index (χ4n) is 2.95. The second-order valence-corrected chi connectivity index (χ2v) is 5.53. The van der Waals surface area contributed by atoms with E-state index in [0.29, 0.717) is 24.4 Å². The Balaban J connectivity index is 1.74. The van der Waals surface area contributed by atoms with Crippen molar-refractivity contribution in [2.75, 3.05) is 33.2 Å². The van der Waals surface area contributed by atoms with Crippen LogP contribution in [0.15, 0.2) is 0 Å². The smallest absolute Gasteiger partial charge is 0.222 e. The Labute approximate surface area is 104 Å². The standard InChI is InChI=1S/C13H25N3O/c1-11-10-15(2)8-9-16(11)13(17)6-5-12-4-3-7-14-12/h11-12,14H,3-10H2,1-2H3. The lowest BCUT2D eigenvalue weighted by molar-refractivity contribution is -0.135. The minimum Gasteiger partial charge on any atom is -0.337 e. The van der Waals surface area contributed by atoms with Gasteiger partial charge in [-0.2, -0.15) is 0 Å². The van der Waals surface area contributed by atoms with Crippen LogP contribution < -0.4 is 5.32 Å². The highest BCUT2D eigenvalue weighted by molar-refractivity contribution is 5.76. The first kappa shape index (κ1) is 12.8. The average molecular weight is 239 g/mol. The Hall–Kier alpha value is -0.610. The van der Waals surface area contributed by atoms with Crippen LogP contribution in [-0.4, -0.2) is 61.0 Å². The molecule has 98 valence electrons. The lowest BCUT2D eigenvalue weighted by atomic mass is 10.1. The van der Waals surface area contributed by atoms with E-state index in [-0.39, 0.29) is 0 Å². The Kier molecular flexibility index (Phi) is 4.40. The number of carbonyl (C=O) groups excluding carboxylic acids is 1. The zero-order valence-electron chi connectivity index (χ0n) is 11.1. The molecule has 4 heteroatoms. The summed E-state index contributed by atoms with van der Waals surface area (Å²) in [6, 6.07) is 0.958. The molecule has 2 heterocycles. The maximum Gasteiger partial charge on any atom is 0.222 e. The van der Waals surface area contributed by atoms with Gasteiger partial charge in [0.15, 0.2) is 0 Å². The monoisotopic (exact) mass is 239 g/mol. The zero-order valence-corrected chi connectivity index (χ0v) is 11.1. The largest absolute Gasteiger partial charge is 0.337 e. The van der Waals surface area contributed by atoms with Crippen LogP contribution in [0.25, 0.3) is 0 Å². The zero-order chi connectivity index (χ0) is 12.3. The maximum absolute atomic E-state index is 12.2. The fraction of sp³-hybridized carbons (Fsp3) is 0.923. The van der Waals surface area contributed by atoms with Crippen LogP contribution >= 0.6 is 0 Å². The SMILES string of the molecule is CC1CN(C)CCN1C(=O)CCC1CCCN1. The van der Waals surface area contributed by atoms with Gasteiger partial charge in [0, 0.05) is 38.1 Å². The maximum atomic E-state index is 12.2. The molecule has 0 radical (unpaired) electrons. The van der Waals surface area contributed by atoms with Crippen molar-refractivity contribution in [2.24, 2.45) is 0 Å². The lowest BCUT2D eigenvalue weighted by Crippen LogP contribution is -2.52. The van der Waals surface area contributed by atoms with E-state index in [2.05, 4.69) is 29.1 Å². The molecule has 2 aliphatic rings. The number of amides is 1. The van der Waals surface area contributed by atoms with Crippen LogP contribution in [0.2, 0.25) is 0 Å². The summed E-state index contributed by atoms with van der Waals surface area (Å²) < 4.78 is 0. The molecule has 0 aromatic carbocycles. The van der Waals surface area contributed by atoms with Gasteiger partial charge in [-0.15, -0.1) is 0 Å². The highest BCUT2D eigenvalue weighted by atomic mass is 16.2. The summed E-state index contributed by atoms with van der Waals surface area (Å²) in [5.74, 6) is 0.347. The molecule has 0 aromatic heterocycles.